The topological polar surface area (TPSA) is 45.7 Å². The molecule has 0 bridgehead atoms. The molecule has 0 aliphatic carbocycles. The smallest absolute Gasteiger partial charge is 0.191 e. The van der Waals surface area contributed by atoms with Crippen molar-refractivity contribution in [3.8, 4) is 5.75 Å². The summed E-state index contributed by atoms with van der Waals surface area (Å²) in [4.78, 5) is 4.52. The zero-order valence-corrected chi connectivity index (χ0v) is 15.2. The summed E-state index contributed by atoms with van der Waals surface area (Å²) in [5.41, 5.74) is 1.31. The summed E-state index contributed by atoms with van der Waals surface area (Å²) >= 11 is 0. The lowest BCUT2D eigenvalue weighted by Crippen LogP contribution is -2.37. The Morgan fingerprint density at radius 2 is 2.00 bits per heavy atom. The van der Waals surface area contributed by atoms with Crippen molar-refractivity contribution in [2.45, 2.75) is 19.8 Å². The van der Waals surface area contributed by atoms with Gasteiger partial charge in [-0.1, -0.05) is 18.2 Å². The molecule has 4 nitrogen and oxygen atoms in total. The normalized spacial score (nSPS) is 10.5. The lowest BCUT2D eigenvalue weighted by atomic mass is 10.1. The zero-order valence-electron chi connectivity index (χ0n) is 12.9. The molecule has 0 aromatic heterocycles. The Kier molecular flexibility index (Phi) is 11.8. The first-order valence-corrected chi connectivity index (χ1v) is 7.06. The fourth-order valence-electron chi connectivity index (χ4n) is 1.78. The first-order valence-electron chi connectivity index (χ1n) is 7.06. The van der Waals surface area contributed by atoms with Crippen molar-refractivity contribution in [1.82, 2.24) is 10.6 Å². The van der Waals surface area contributed by atoms with Crippen LogP contribution in [-0.4, -0.2) is 32.7 Å². The van der Waals surface area contributed by atoms with Gasteiger partial charge in [0.05, 0.1) is 7.11 Å². The molecule has 0 aliphatic rings. The molecule has 1 rings (SSSR count). The second-order valence-corrected chi connectivity index (χ2v) is 4.38. The molecule has 0 heterocycles. The highest BCUT2D eigenvalue weighted by atomic mass is 127. The Morgan fingerprint density at radius 1 is 1.29 bits per heavy atom. The molecular weight excluding hydrogens is 377 g/mol. The van der Waals surface area contributed by atoms with Crippen molar-refractivity contribution in [2.75, 3.05) is 26.7 Å². The maximum absolute atomic E-state index is 5.14. The number of hydrogen-bond donors (Lipinski definition) is 2. The minimum atomic E-state index is 0. The van der Waals surface area contributed by atoms with Crippen LogP contribution in [0.3, 0.4) is 0 Å². The van der Waals surface area contributed by atoms with Gasteiger partial charge in [-0.2, -0.15) is 0 Å². The standard InChI is InChI=1S/C16H25N3O.HI/c1-4-12-18-16(17-5-2)19-13-6-7-14-8-10-15(20-3)11-9-14;/h4,8-11H,1,5-7,12-13H2,2-3H3,(H2,17,18,19);1H. The predicted octanol–water partition coefficient (Wildman–Crippen LogP) is 2.99. The van der Waals surface area contributed by atoms with Crippen LogP contribution >= 0.6 is 24.0 Å². The molecule has 0 fully saturated rings. The molecule has 0 saturated carbocycles. The monoisotopic (exact) mass is 403 g/mol. The average molecular weight is 403 g/mol. The van der Waals surface area contributed by atoms with Crippen molar-refractivity contribution in [3.63, 3.8) is 0 Å². The van der Waals surface area contributed by atoms with Gasteiger partial charge in [-0.05, 0) is 37.5 Å². The number of aliphatic imine (C=N–C) groups is 1. The fourth-order valence-corrected chi connectivity index (χ4v) is 1.78. The van der Waals surface area contributed by atoms with Crippen molar-refractivity contribution in [2.24, 2.45) is 4.99 Å². The molecule has 118 valence electrons. The Morgan fingerprint density at radius 3 is 2.57 bits per heavy atom. The van der Waals surface area contributed by atoms with Gasteiger partial charge in [-0.3, -0.25) is 4.99 Å². The molecular formula is C16H26IN3O. The van der Waals surface area contributed by atoms with E-state index in [0.29, 0.717) is 0 Å². The largest absolute Gasteiger partial charge is 0.497 e. The Hall–Kier alpha value is -1.24. The molecule has 0 spiro atoms. The van der Waals surface area contributed by atoms with E-state index in [1.165, 1.54) is 5.56 Å². The summed E-state index contributed by atoms with van der Waals surface area (Å²) in [5, 5.41) is 6.39. The second-order valence-electron chi connectivity index (χ2n) is 4.38. The van der Waals surface area contributed by atoms with Crippen molar-refractivity contribution in [1.29, 1.82) is 0 Å². The molecule has 0 atom stereocenters. The third-order valence-corrected chi connectivity index (χ3v) is 2.81. The number of nitrogens with zero attached hydrogens (tertiary/aromatic N) is 1. The molecule has 1 aromatic rings. The van der Waals surface area contributed by atoms with Gasteiger partial charge in [0.15, 0.2) is 5.96 Å². The molecule has 5 heteroatoms. The summed E-state index contributed by atoms with van der Waals surface area (Å²) in [5.74, 6) is 1.75. The average Bonchev–Trinajstić information content (AvgIpc) is 2.49. The van der Waals surface area contributed by atoms with Crippen molar-refractivity contribution >= 4 is 29.9 Å². The highest BCUT2D eigenvalue weighted by Gasteiger charge is 1.96. The summed E-state index contributed by atoms with van der Waals surface area (Å²) < 4.78 is 5.14. The Labute approximate surface area is 145 Å². The minimum absolute atomic E-state index is 0. The zero-order chi connectivity index (χ0) is 14.6. The molecule has 0 saturated heterocycles. The first-order chi connectivity index (χ1) is 9.80. The van der Waals surface area contributed by atoms with Gasteiger partial charge in [0, 0.05) is 19.6 Å². The number of ether oxygens (including phenoxy) is 1. The molecule has 0 unspecified atom stereocenters. The number of nitrogens with one attached hydrogen (secondary N) is 2. The van der Waals surface area contributed by atoms with Crippen LogP contribution in [0, 0.1) is 0 Å². The SMILES string of the molecule is C=CCNC(=NCCCc1ccc(OC)cc1)NCC.I. The summed E-state index contributed by atoms with van der Waals surface area (Å²) in [7, 11) is 1.68. The molecule has 0 radical (unpaired) electrons. The fraction of sp³-hybridized carbons (Fsp3) is 0.438. The lowest BCUT2D eigenvalue weighted by Gasteiger charge is -2.09. The minimum Gasteiger partial charge on any atom is -0.497 e. The van der Waals surface area contributed by atoms with Gasteiger partial charge in [0.2, 0.25) is 0 Å². The molecule has 1 aromatic carbocycles. The van der Waals surface area contributed by atoms with Gasteiger partial charge in [-0.15, -0.1) is 30.6 Å². The number of methoxy groups -OCH3 is 1. The van der Waals surface area contributed by atoms with E-state index in [-0.39, 0.29) is 24.0 Å². The van der Waals surface area contributed by atoms with Crippen LogP contribution in [0.1, 0.15) is 18.9 Å². The van der Waals surface area contributed by atoms with E-state index in [1.54, 1.807) is 7.11 Å². The van der Waals surface area contributed by atoms with Crippen LogP contribution in [-0.2, 0) is 6.42 Å². The molecule has 2 N–H and O–H groups in total. The molecule has 0 amide bonds. The summed E-state index contributed by atoms with van der Waals surface area (Å²) in [6.45, 7) is 8.14. The maximum atomic E-state index is 5.14. The molecule has 21 heavy (non-hydrogen) atoms. The van der Waals surface area contributed by atoms with E-state index >= 15 is 0 Å². The number of halogens is 1. The number of guanidine groups is 1. The second kappa shape index (κ2) is 12.5. The number of benzene rings is 1. The van der Waals surface area contributed by atoms with E-state index in [0.717, 1.165) is 44.2 Å². The van der Waals surface area contributed by atoms with E-state index in [1.807, 2.05) is 18.2 Å². The van der Waals surface area contributed by atoms with Crippen molar-refractivity contribution < 1.29 is 4.74 Å². The Bertz CT molecular complexity index is 418. The van der Waals surface area contributed by atoms with E-state index in [4.69, 9.17) is 4.74 Å². The van der Waals surface area contributed by atoms with E-state index in [9.17, 15) is 0 Å². The van der Waals surface area contributed by atoms with Crippen molar-refractivity contribution in [3.05, 3.63) is 42.5 Å². The summed E-state index contributed by atoms with van der Waals surface area (Å²) in [6, 6.07) is 8.19. The first kappa shape index (κ1) is 19.8. The quantitative estimate of drug-likeness (QED) is 0.231. The number of rotatable bonds is 8. The van der Waals surface area contributed by atoms with Crippen LogP contribution in [0.4, 0.5) is 0 Å². The van der Waals surface area contributed by atoms with Crippen LogP contribution in [0.15, 0.2) is 41.9 Å². The number of aryl methyl sites for hydroxylation is 1. The third-order valence-electron chi connectivity index (χ3n) is 2.81. The third kappa shape index (κ3) is 8.60. The highest BCUT2D eigenvalue weighted by Crippen LogP contribution is 2.12. The predicted molar refractivity (Wildman–Crippen MR) is 101 cm³/mol. The Balaban J connectivity index is 0.00000400. The van der Waals surface area contributed by atoms with Gasteiger partial charge in [0.1, 0.15) is 5.75 Å². The number of hydrogen-bond acceptors (Lipinski definition) is 2. The molecule has 0 aliphatic heterocycles. The van der Waals surface area contributed by atoms with Crippen LogP contribution in [0.5, 0.6) is 5.75 Å². The summed E-state index contributed by atoms with van der Waals surface area (Å²) in [6.07, 6.45) is 3.87. The van der Waals surface area contributed by atoms with Gasteiger partial charge < -0.3 is 15.4 Å². The van der Waals surface area contributed by atoms with Crippen LogP contribution < -0.4 is 15.4 Å². The van der Waals surface area contributed by atoms with E-state index in [2.05, 4.69) is 41.3 Å². The van der Waals surface area contributed by atoms with Gasteiger partial charge in [0.25, 0.3) is 0 Å². The van der Waals surface area contributed by atoms with Crippen LogP contribution in [0.2, 0.25) is 0 Å². The van der Waals surface area contributed by atoms with Crippen LogP contribution in [0.25, 0.3) is 0 Å². The van der Waals surface area contributed by atoms with Gasteiger partial charge >= 0.3 is 0 Å². The highest BCUT2D eigenvalue weighted by molar-refractivity contribution is 14.0. The lowest BCUT2D eigenvalue weighted by molar-refractivity contribution is 0.414. The maximum Gasteiger partial charge on any atom is 0.191 e. The van der Waals surface area contributed by atoms with E-state index < -0.39 is 0 Å². The van der Waals surface area contributed by atoms with Gasteiger partial charge in [-0.25, -0.2) is 0 Å².